The number of hydrogen-bond acceptors (Lipinski definition) is 3. The van der Waals surface area contributed by atoms with Gasteiger partial charge in [0.15, 0.2) is 0 Å². The lowest BCUT2D eigenvalue weighted by atomic mass is 10.2. The third-order valence-corrected chi connectivity index (χ3v) is 5.12. The summed E-state index contributed by atoms with van der Waals surface area (Å²) in [6.45, 7) is 15.5. The first-order chi connectivity index (χ1) is 9.56. The lowest BCUT2D eigenvalue weighted by Gasteiger charge is -2.36. The number of hydrogen-bond donors (Lipinski definition) is 0. The smallest absolute Gasteiger partial charge is 0.0767 e. The Morgan fingerprint density at radius 1 is 1.15 bits per heavy atom. The van der Waals surface area contributed by atoms with Crippen molar-refractivity contribution in [3.63, 3.8) is 0 Å². The third kappa shape index (κ3) is 3.43. The van der Waals surface area contributed by atoms with Crippen LogP contribution in [0.1, 0.15) is 39.1 Å². The van der Waals surface area contributed by atoms with E-state index in [9.17, 15) is 0 Å². The van der Waals surface area contributed by atoms with Crippen LogP contribution in [-0.2, 0) is 19.5 Å². The molecule has 4 nitrogen and oxygen atoms in total. The topological polar surface area (TPSA) is 24.3 Å². The fourth-order valence-corrected chi connectivity index (χ4v) is 3.51. The summed E-state index contributed by atoms with van der Waals surface area (Å²) in [5.41, 5.74) is 2.52. The van der Waals surface area contributed by atoms with Crippen LogP contribution in [0, 0.1) is 0 Å². The van der Waals surface area contributed by atoms with Crippen molar-refractivity contribution in [2.45, 2.75) is 53.2 Å². The highest BCUT2D eigenvalue weighted by Crippen LogP contribution is 2.24. The van der Waals surface area contributed by atoms with Crippen molar-refractivity contribution in [3.05, 3.63) is 15.9 Å². The Hall–Kier alpha value is -0.390. The maximum atomic E-state index is 4.69. The predicted octanol–water partition coefficient (Wildman–Crippen LogP) is 2.75. The zero-order valence-electron chi connectivity index (χ0n) is 13.2. The van der Waals surface area contributed by atoms with Gasteiger partial charge >= 0.3 is 0 Å². The van der Waals surface area contributed by atoms with E-state index >= 15 is 0 Å². The molecule has 20 heavy (non-hydrogen) atoms. The minimum atomic E-state index is 0.664. The highest BCUT2D eigenvalue weighted by Gasteiger charge is 2.22. The number of halogens is 1. The molecule has 2 heterocycles. The summed E-state index contributed by atoms with van der Waals surface area (Å²) in [7, 11) is 0. The number of aromatic nitrogens is 2. The summed E-state index contributed by atoms with van der Waals surface area (Å²) in [6.07, 6.45) is 0.988. The van der Waals surface area contributed by atoms with E-state index in [1.165, 1.54) is 29.0 Å². The Bertz CT molecular complexity index is 433. The van der Waals surface area contributed by atoms with E-state index in [1.54, 1.807) is 0 Å². The Morgan fingerprint density at radius 2 is 1.80 bits per heavy atom. The van der Waals surface area contributed by atoms with Gasteiger partial charge in [-0.15, -0.1) is 0 Å². The van der Waals surface area contributed by atoms with E-state index in [4.69, 9.17) is 0 Å². The van der Waals surface area contributed by atoms with E-state index in [1.807, 2.05) is 0 Å². The maximum Gasteiger partial charge on any atom is 0.0767 e. The lowest BCUT2D eigenvalue weighted by molar-refractivity contribution is 0.102. The average molecular weight is 343 g/mol. The molecular weight excluding hydrogens is 316 g/mol. The molecule has 2 rings (SSSR count). The largest absolute Gasteiger partial charge is 0.298 e. The molecule has 0 N–H and O–H groups in total. The van der Waals surface area contributed by atoms with Crippen molar-refractivity contribution < 1.29 is 0 Å². The van der Waals surface area contributed by atoms with Gasteiger partial charge in [-0.05, 0) is 43.1 Å². The molecule has 0 spiro atoms. The lowest BCUT2D eigenvalue weighted by Crippen LogP contribution is -2.48. The Labute approximate surface area is 131 Å². The van der Waals surface area contributed by atoms with E-state index in [-0.39, 0.29) is 0 Å². The second kappa shape index (κ2) is 7.05. The van der Waals surface area contributed by atoms with Crippen molar-refractivity contribution in [2.24, 2.45) is 0 Å². The second-order valence-electron chi connectivity index (χ2n) is 5.78. The Morgan fingerprint density at radius 3 is 2.30 bits per heavy atom. The second-order valence-corrected chi connectivity index (χ2v) is 6.58. The van der Waals surface area contributed by atoms with Crippen LogP contribution >= 0.6 is 15.9 Å². The van der Waals surface area contributed by atoms with Crippen molar-refractivity contribution in [2.75, 3.05) is 26.2 Å². The van der Waals surface area contributed by atoms with Crippen molar-refractivity contribution in [1.29, 1.82) is 0 Å². The Balaban J connectivity index is 2.02. The molecule has 1 fully saturated rings. The maximum absolute atomic E-state index is 4.69. The number of rotatable bonds is 5. The van der Waals surface area contributed by atoms with E-state index in [0.717, 1.165) is 32.6 Å². The standard InChI is InChI=1S/C15H27BrN4/c1-5-13-15(16)14(20(6-2)17-13)11-18-7-9-19(10-8-18)12(3)4/h12H,5-11H2,1-4H3. The molecule has 1 aromatic heterocycles. The molecule has 0 radical (unpaired) electrons. The molecule has 0 aliphatic carbocycles. The molecular formula is C15H27BrN4. The SMILES string of the molecule is CCc1nn(CC)c(CN2CCN(C(C)C)CC2)c1Br. The normalized spacial score (nSPS) is 18.1. The fraction of sp³-hybridized carbons (Fsp3) is 0.800. The van der Waals surface area contributed by atoms with Gasteiger partial charge in [0.25, 0.3) is 0 Å². The summed E-state index contributed by atoms with van der Waals surface area (Å²) in [6, 6.07) is 0.664. The third-order valence-electron chi connectivity index (χ3n) is 4.20. The van der Waals surface area contributed by atoms with Crippen molar-refractivity contribution in [3.8, 4) is 0 Å². The molecule has 0 bridgehead atoms. The van der Waals surface area contributed by atoms with Gasteiger partial charge in [-0.2, -0.15) is 5.10 Å². The highest BCUT2D eigenvalue weighted by atomic mass is 79.9. The van der Waals surface area contributed by atoms with Crippen LogP contribution in [0.4, 0.5) is 0 Å². The van der Waals surface area contributed by atoms with Gasteiger partial charge in [0, 0.05) is 45.3 Å². The Kier molecular flexibility index (Phi) is 5.64. The van der Waals surface area contributed by atoms with Gasteiger partial charge in [-0.1, -0.05) is 6.92 Å². The van der Waals surface area contributed by atoms with Crippen LogP contribution in [0.2, 0.25) is 0 Å². The summed E-state index contributed by atoms with van der Waals surface area (Å²) in [5.74, 6) is 0. The van der Waals surface area contributed by atoms with Crippen molar-refractivity contribution in [1.82, 2.24) is 19.6 Å². The monoisotopic (exact) mass is 342 g/mol. The van der Waals surface area contributed by atoms with Gasteiger partial charge < -0.3 is 0 Å². The van der Waals surface area contributed by atoms with Gasteiger partial charge in [0.05, 0.1) is 15.9 Å². The number of aryl methyl sites for hydroxylation is 2. The van der Waals surface area contributed by atoms with Gasteiger partial charge in [-0.3, -0.25) is 14.5 Å². The van der Waals surface area contributed by atoms with Crippen LogP contribution in [0.25, 0.3) is 0 Å². The molecule has 1 aromatic rings. The van der Waals surface area contributed by atoms with Crippen LogP contribution in [0.5, 0.6) is 0 Å². The first kappa shape index (κ1) is 16.0. The van der Waals surface area contributed by atoms with E-state index < -0.39 is 0 Å². The molecule has 1 aliphatic heterocycles. The quantitative estimate of drug-likeness (QED) is 0.822. The van der Waals surface area contributed by atoms with Crippen LogP contribution < -0.4 is 0 Å². The fourth-order valence-electron chi connectivity index (χ4n) is 2.82. The van der Waals surface area contributed by atoms with Crippen LogP contribution in [0.15, 0.2) is 4.47 Å². The first-order valence-corrected chi connectivity index (χ1v) is 8.56. The molecule has 0 aromatic carbocycles. The minimum absolute atomic E-state index is 0.664. The molecule has 1 aliphatic rings. The molecule has 1 saturated heterocycles. The molecule has 114 valence electrons. The van der Waals surface area contributed by atoms with Crippen LogP contribution in [-0.4, -0.2) is 51.8 Å². The van der Waals surface area contributed by atoms with Crippen LogP contribution in [0.3, 0.4) is 0 Å². The molecule has 0 amide bonds. The minimum Gasteiger partial charge on any atom is -0.298 e. The molecule has 0 saturated carbocycles. The zero-order valence-corrected chi connectivity index (χ0v) is 14.8. The predicted molar refractivity (Wildman–Crippen MR) is 87.0 cm³/mol. The van der Waals surface area contributed by atoms with E-state index in [0.29, 0.717) is 6.04 Å². The van der Waals surface area contributed by atoms with Gasteiger partial charge in [0.2, 0.25) is 0 Å². The summed E-state index contributed by atoms with van der Waals surface area (Å²) < 4.78 is 3.37. The molecule has 0 unspecified atom stereocenters. The average Bonchev–Trinajstić information content (AvgIpc) is 2.76. The summed E-state index contributed by atoms with van der Waals surface area (Å²) in [4.78, 5) is 5.10. The summed E-state index contributed by atoms with van der Waals surface area (Å²) in [5, 5.41) is 4.69. The van der Waals surface area contributed by atoms with Crippen molar-refractivity contribution >= 4 is 15.9 Å². The first-order valence-electron chi connectivity index (χ1n) is 7.77. The highest BCUT2D eigenvalue weighted by molar-refractivity contribution is 9.10. The molecule has 5 heteroatoms. The zero-order chi connectivity index (χ0) is 14.7. The van der Waals surface area contributed by atoms with E-state index in [2.05, 4.69) is 63.2 Å². The number of piperazine rings is 1. The molecule has 0 atom stereocenters. The number of nitrogens with zero attached hydrogens (tertiary/aromatic N) is 4. The van der Waals surface area contributed by atoms with Gasteiger partial charge in [-0.25, -0.2) is 0 Å². The summed E-state index contributed by atoms with van der Waals surface area (Å²) >= 11 is 3.74. The van der Waals surface area contributed by atoms with Gasteiger partial charge in [0.1, 0.15) is 0 Å².